The molecule has 1 fully saturated rings. The lowest BCUT2D eigenvalue weighted by molar-refractivity contribution is -0.0394. The summed E-state index contributed by atoms with van der Waals surface area (Å²) < 4.78 is 0. The monoisotopic (exact) mass is 434 g/mol. The molecule has 0 spiro atoms. The van der Waals surface area contributed by atoms with Crippen LogP contribution in [0, 0.1) is 11.8 Å². The van der Waals surface area contributed by atoms with Gasteiger partial charge in [0.2, 0.25) is 0 Å². The lowest BCUT2D eigenvalue weighted by Gasteiger charge is -2.42. The number of nitrogens with one attached hydrogen (secondary N) is 3. The molecule has 2 heterocycles. The Balaban J connectivity index is 1.57. The number of pyridine rings is 1. The largest absolute Gasteiger partial charge is 0.390 e. The van der Waals surface area contributed by atoms with Gasteiger partial charge >= 0.3 is 0 Å². The molecule has 0 radical (unpaired) electrons. The highest BCUT2D eigenvalue weighted by molar-refractivity contribution is 6.06. The first-order valence-electron chi connectivity index (χ1n) is 11.7. The molecule has 6 nitrogen and oxygen atoms in total. The van der Waals surface area contributed by atoms with Crippen molar-refractivity contribution in [3.05, 3.63) is 59.9 Å². The maximum absolute atomic E-state index is 13.1. The zero-order chi connectivity index (χ0) is 22.7. The summed E-state index contributed by atoms with van der Waals surface area (Å²) in [5.74, 6) is 0.647. The molecule has 1 aliphatic carbocycles. The second-order valence-corrected chi connectivity index (χ2v) is 9.48. The van der Waals surface area contributed by atoms with Crippen LogP contribution in [0.15, 0.2) is 48.8 Å². The summed E-state index contributed by atoms with van der Waals surface area (Å²) >= 11 is 0. The molecule has 6 heteroatoms. The zero-order valence-electron chi connectivity index (χ0n) is 19.2. The van der Waals surface area contributed by atoms with Crippen molar-refractivity contribution in [2.24, 2.45) is 11.8 Å². The van der Waals surface area contributed by atoms with Crippen molar-refractivity contribution in [1.29, 1.82) is 0 Å². The van der Waals surface area contributed by atoms with Gasteiger partial charge in [-0.1, -0.05) is 44.2 Å². The summed E-state index contributed by atoms with van der Waals surface area (Å²) in [7, 11) is 0. The molecule has 1 aliphatic rings. The number of nitrogens with zero attached hydrogens (tertiary/aromatic N) is 1. The standard InChI is InChI=1S/C26H34N4O2/c1-4-26(32)13-17(2)12-20(14-26)18(3)30-23-21-10-11-27-24(21)28-16-22(23)25(31)29-15-19-8-6-5-7-9-19/h5-11,16-18,20,32H,4,12-15H2,1-3H3,(H,29,31)(H2,27,28,30)/t17?,18-,20-,26-/m0/s1. The topological polar surface area (TPSA) is 90.0 Å². The predicted octanol–water partition coefficient (Wildman–Crippen LogP) is 4.87. The summed E-state index contributed by atoms with van der Waals surface area (Å²) in [6.07, 6.45) is 6.95. The van der Waals surface area contributed by atoms with E-state index in [1.54, 1.807) is 6.20 Å². The number of benzene rings is 1. The lowest BCUT2D eigenvalue weighted by atomic mass is 9.70. The van der Waals surface area contributed by atoms with Crippen LogP contribution < -0.4 is 10.6 Å². The third-order valence-corrected chi connectivity index (χ3v) is 6.94. The molecule has 1 aromatic carbocycles. The van der Waals surface area contributed by atoms with Crippen LogP contribution in [0.1, 0.15) is 62.4 Å². The maximum atomic E-state index is 13.1. The fourth-order valence-electron chi connectivity index (χ4n) is 5.13. The number of anilines is 1. The van der Waals surface area contributed by atoms with E-state index in [2.05, 4.69) is 41.4 Å². The van der Waals surface area contributed by atoms with Gasteiger partial charge in [0, 0.05) is 30.4 Å². The second-order valence-electron chi connectivity index (χ2n) is 9.48. The molecule has 4 N–H and O–H groups in total. The average molecular weight is 435 g/mol. The fraction of sp³-hybridized carbons (Fsp3) is 0.462. The van der Waals surface area contributed by atoms with E-state index in [4.69, 9.17) is 0 Å². The molecule has 1 saturated carbocycles. The number of aromatic nitrogens is 2. The van der Waals surface area contributed by atoms with E-state index in [9.17, 15) is 9.90 Å². The van der Waals surface area contributed by atoms with E-state index in [-0.39, 0.29) is 11.9 Å². The van der Waals surface area contributed by atoms with Crippen LogP contribution in [-0.4, -0.2) is 32.6 Å². The molecule has 0 saturated heterocycles. The van der Waals surface area contributed by atoms with Crippen LogP contribution in [0.5, 0.6) is 0 Å². The van der Waals surface area contributed by atoms with Gasteiger partial charge in [0.25, 0.3) is 5.91 Å². The number of aromatic amines is 1. The molecule has 2 aromatic heterocycles. The van der Waals surface area contributed by atoms with Gasteiger partial charge < -0.3 is 20.7 Å². The molecular formula is C26H34N4O2. The Kier molecular flexibility index (Phi) is 6.51. The highest BCUT2D eigenvalue weighted by atomic mass is 16.3. The van der Waals surface area contributed by atoms with Crippen molar-refractivity contribution >= 4 is 22.6 Å². The SMILES string of the molecule is CC[C@]1(O)CC(C)C[C@H]([C@H](C)Nc2c(C(=O)NCc3ccccc3)cnc3[nH]ccc23)C1. The molecule has 4 atom stereocenters. The number of H-pyrrole nitrogens is 1. The summed E-state index contributed by atoms with van der Waals surface area (Å²) in [5.41, 5.74) is 2.54. The Morgan fingerprint density at radius 3 is 2.81 bits per heavy atom. The number of carbonyl (C=O) groups excluding carboxylic acids is 1. The highest BCUT2D eigenvalue weighted by Gasteiger charge is 2.38. The fourth-order valence-corrected chi connectivity index (χ4v) is 5.13. The van der Waals surface area contributed by atoms with E-state index >= 15 is 0 Å². The molecule has 32 heavy (non-hydrogen) atoms. The minimum atomic E-state index is -0.601. The summed E-state index contributed by atoms with van der Waals surface area (Å²) in [5, 5.41) is 18.6. The average Bonchev–Trinajstić information content (AvgIpc) is 3.27. The second kappa shape index (κ2) is 9.33. The van der Waals surface area contributed by atoms with Crippen molar-refractivity contribution in [2.75, 3.05) is 5.32 Å². The van der Waals surface area contributed by atoms with Gasteiger partial charge in [-0.3, -0.25) is 4.79 Å². The zero-order valence-corrected chi connectivity index (χ0v) is 19.2. The normalized spacial score (nSPS) is 24.2. The van der Waals surface area contributed by atoms with Crippen LogP contribution in [0.4, 0.5) is 5.69 Å². The third-order valence-electron chi connectivity index (χ3n) is 6.94. The van der Waals surface area contributed by atoms with E-state index < -0.39 is 5.60 Å². The molecule has 0 aliphatic heterocycles. The molecule has 1 amide bonds. The Morgan fingerprint density at radius 2 is 2.06 bits per heavy atom. The van der Waals surface area contributed by atoms with Crippen LogP contribution in [0.3, 0.4) is 0 Å². The summed E-state index contributed by atoms with van der Waals surface area (Å²) in [4.78, 5) is 20.7. The van der Waals surface area contributed by atoms with Crippen molar-refractivity contribution in [1.82, 2.24) is 15.3 Å². The Morgan fingerprint density at radius 1 is 1.28 bits per heavy atom. The number of hydrogen-bond acceptors (Lipinski definition) is 4. The van der Waals surface area contributed by atoms with Crippen molar-refractivity contribution in [2.45, 2.75) is 64.6 Å². The van der Waals surface area contributed by atoms with Gasteiger partial charge in [0.1, 0.15) is 5.65 Å². The quantitative estimate of drug-likeness (QED) is 0.427. The van der Waals surface area contributed by atoms with Gasteiger partial charge in [0.15, 0.2) is 0 Å². The first kappa shape index (κ1) is 22.3. The molecule has 0 bridgehead atoms. The van der Waals surface area contributed by atoms with Crippen LogP contribution in [0.2, 0.25) is 0 Å². The number of aliphatic hydroxyl groups is 1. The lowest BCUT2D eigenvalue weighted by Crippen LogP contribution is -2.43. The molecular weight excluding hydrogens is 400 g/mol. The van der Waals surface area contributed by atoms with Gasteiger partial charge in [-0.25, -0.2) is 4.98 Å². The summed E-state index contributed by atoms with van der Waals surface area (Å²) in [6.45, 7) is 6.90. The van der Waals surface area contributed by atoms with Gasteiger partial charge in [-0.2, -0.15) is 0 Å². The number of hydrogen-bond donors (Lipinski definition) is 4. The van der Waals surface area contributed by atoms with E-state index in [1.807, 2.05) is 42.6 Å². The van der Waals surface area contributed by atoms with Crippen molar-refractivity contribution in [3.8, 4) is 0 Å². The van der Waals surface area contributed by atoms with Crippen molar-refractivity contribution < 1.29 is 9.90 Å². The Hall–Kier alpha value is -2.86. The molecule has 4 rings (SSSR count). The smallest absolute Gasteiger partial charge is 0.255 e. The van der Waals surface area contributed by atoms with Crippen LogP contribution in [-0.2, 0) is 6.54 Å². The van der Waals surface area contributed by atoms with Crippen molar-refractivity contribution in [3.63, 3.8) is 0 Å². The van der Waals surface area contributed by atoms with Gasteiger partial charge in [0.05, 0.1) is 16.9 Å². The highest BCUT2D eigenvalue weighted by Crippen LogP contribution is 2.40. The first-order valence-corrected chi connectivity index (χ1v) is 11.7. The molecule has 3 aromatic rings. The van der Waals surface area contributed by atoms with E-state index in [1.165, 1.54) is 0 Å². The number of amides is 1. The number of carbonyl (C=O) groups is 1. The number of rotatable bonds is 7. The predicted molar refractivity (Wildman–Crippen MR) is 129 cm³/mol. The number of fused-ring (bicyclic) bond motifs is 1. The Labute approximate surface area is 189 Å². The minimum Gasteiger partial charge on any atom is -0.390 e. The summed E-state index contributed by atoms with van der Waals surface area (Å²) in [6, 6.07) is 11.9. The third kappa shape index (κ3) is 4.80. The van der Waals surface area contributed by atoms with E-state index in [0.29, 0.717) is 23.9 Å². The molecule has 1 unspecified atom stereocenters. The van der Waals surface area contributed by atoms with Crippen LogP contribution >= 0.6 is 0 Å². The van der Waals surface area contributed by atoms with Gasteiger partial charge in [-0.05, 0) is 56.1 Å². The maximum Gasteiger partial charge on any atom is 0.255 e. The minimum absolute atomic E-state index is 0.108. The van der Waals surface area contributed by atoms with Crippen LogP contribution in [0.25, 0.3) is 11.0 Å². The first-order chi connectivity index (χ1) is 15.4. The molecule has 170 valence electrons. The van der Waals surface area contributed by atoms with E-state index in [0.717, 1.165) is 48.0 Å². The van der Waals surface area contributed by atoms with Gasteiger partial charge in [-0.15, -0.1) is 0 Å². The Bertz CT molecular complexity index is 1060.